The second kappa shape index (κ2) is 8.72. The van der Waals surface area contributed by atoms with Crippen LogP contribution in [0.1, 0.15) is 97.3 Å². The highest BCUT2D eigenvalue weighted by molar-refractivity contribution is 5.69. The summed E-state index contributed by atoms with van der Waals surface area (Å²) >= 11 is 0. The molecule has 3 saturated carbocycles. The van der Waals surface area contributed by atoms with Crippen LogP contribution in [-0.4, -0.2) is 12.1 Å². The van der Waals surface area contributed by atoms with E-state index in [1.807, 2.05) is 0 Å². The molecule has 3 aliphatic rings. The first-order valence-electron chi connectivity index (χ1n) is 10.9. The fraction of sp³-hybridized carbons (Fsp3) is 0.955. The van der Waals surface area contributed by atoms with Gasteiger partial charge in [-0.05, 0) is 81.0 Å². The van der Waals surface area contributed by atoms with Gasteiger partial charge < -0.3 is 4.74 Å². The summed E-state index contributed by atoms with van der Waals surface area (Å²) in [5.41, 5.74) is 0. The lowest BCUT2D eigenvalue weighted by molar-refractivity contribution is -0.153. The highest BCUT2D eigenvalue weighted by atomic mass is 16.5. The maximum Gasteiger partial charge on any atom is 0.306 e. The Morgan fingerprint density at radius 2 is 1.58 bits per heavy atom. The van der Waals surface area contributed by atoms with Gasteiger partial charge in [0.15, 0.2) is 0 Å². The van der Waals surface area contributed by atoms with E-state index in [4.69, 9.17) is 4.74 Å². The molecule has 3 fully saturated rings. The van der Waals surface area contributed by atoms with Crippen molar-refractivity contribution in [1.29, 1.82) is 0 Å². The molecule has 6 unspecified atom stereocenters. The summed E-state index contributed by atoms with van der Waals surface area (Å²) in [4.78, 5) is 11.8. The molecule has 0 bridgehead atoms. The minimum absolute atomic E-state index is 0.0334. The van der Waals surface area contributed by atoms with Crippen LogP contribution in [0, 0.1) is 29.6 Å². The van der Waals surface area contributed by atoms with Crippen molar-refractivity contribution in [3.05, 3.63) is 0 Å². The number of unbranched alkanes of at least 4 members (excludes halogenated alkanes) is 1. The smallest absolute Gasteiger partial charge is 0.306 e. The Labute approximate surface area is 149 Å². The molecule has 0 heterocycles. The molecule has 2 nitrogen and oxygen atoms in total. The third kappa shape index (κ3) is 4.35. The molecule has 0 radical (unpaired) electrons. The van der Waals surface area contributed by atoms with Crippen LogP contribution in [0.3, 0.4) is 0 Å². The predicted octanol–water partition coefficient (Wildman–Crippen LogP) is 6.13. The van der Waals surface area contributed by atoms with Crippen molar-refractivity contribution >= 4 is 5.97 Å². The number of hydrogen-bond donors (Lipinski definition) is 0. The molecule has 0 aromatic heterocycles. The van der Waals surface area contributed by atoms with Crippen molar-refractivity contribution in [2.24, 2.45) is 29.6 Å². The summed E-state index contributed by atoms with van der Waals surface area (Å²) in [7, 11) is 0. The van der Waals surface area contributed by atoms with Gasteiger partial charge >= 0.3 is 5.97 Å². The second-order valence-electron chi connectivity index (χ2n) is 8.92. The number of fused-ring (bicyclic) bond motifs is 3. The molecule has 24 heavy (non-hydrogen) atoms. The van der Waals surface area contributed by atoms with Gasteiger partial charge in [0.1, 0.15) is 6.10 Å². The van der Waals surface area contributed by atoms with Gasteiger partial charge in [0, 0.05) is 6.42 Å². The molecule has 0 spiro atoms. The first kappa shape index (κ1) is 18.3. The SMILES string of the molecule is CCCCC1CCC2C(CCC3CC(OC(=O)CCC)CCC32)C1. The molecule has 2 heteroatoms. The van der Waals surface area contributed by atoms with Crippen LogP contribution in [0.5, 0.6) is 0 Å². The summed E-state index contributed by atoms with van der Waals surface area (Å²) in [6, 6.07) is 0. The van der Waals surface area contributed by atoms with Crippen molar-refractivity contribution in [3.8, 4) is 0 Å². The maximum atomic E-state index is 11.8. The minimum Gasteiger partial charge on any atom is -0.462 e. The summed E-state index contributed by atoms with van der Waals surface area (Å²) in [5, 5.41) is 0. The Hall–Kier alpha value is -0.530. The average Bonchev–Trinajstić information content (AvgIpc) is 2.59. The predicted molar refractivity (Wildman–Crippen MR) is 98.7 cm³/mol. The van der Waals surface area contributed by atoms with E-state index in [9.17, 15) is 4.79 Å². The fourth-order valence-corrected chi connectivity index (χ4v) is 6.16. The van der Waals surface area contributed by atoms with Crippen LogP contribution >= 0.6 is 0 Å². The Balaban J connectivity index is 1.50. The monoisotopic (exact) mass is 334 g/mol. The molecular formula is C22H38O2. The topological polar surface area (TPSA) is 26.3 Å². The highest BCUT2D eigenvalue weighted by Crippen LogP contribution is 2.53. The number of esters is 1. The molecule has 0 aliphatic heterocycles. The fourth-order valence-electron chi connectivity index (χ4n) is 6.16. The first-order valence-corrected chi connectivity index (χ1v) is 10.9. The normalized spacial score (nSPS) is 38.9. The van der Waals surface area contributed by atoms with Crippen LogP contribution in [0.25, 0.3) is 0 Å². The Morgan fingerprint density at radius 1 is 0.875 bits per heavy atom. The van der Waals surface area contributed by atoms with Gasteiger partial charge in [-0.1, -0.05) is 39.5 Å². The van der Waals surface area contributed by atoms with E-state index in [2.05, 4.69) is 13.8 Å². The van der Waals surface area contributed by atoms with Gasteiger partial charge in [0.25, 0.3) is 0 Å². The van der Waals surface area contributed by atoms with Gasteiger partial charge in [-0.15, -0.1) is 0 Å². The lowest BCUT2D eigenvalue weighted by Crippen LogP contribution is -2.43. The zero-order valence-electron chi connectivity index (χ0n) is 16.0. The lowest BCUT2D eigenvalue weighted by atomic mass is 9.56. The zero-order valence-corrected chi connectivity index (χ0v) is 16.0. The third-order valence-electron chi connectivity index (χ3n) is 7.32. The third-order valence-corrected chi connectivity index (χ3v) is 7.32. The van der Waals surface area contributed by atoms with Crippen molar-refractivity contribution in [1.82, 2.24) is 0 Å². The molecule has 0 aromatic carbocycles. The average molecular weight is 335 g/mol. The second-order valence-corrected chi connectivity index (χ2v) is 8.92. The molecule has 138 valence electrons. The molecule has 0 N–H and O–H groups in total. The summed E-state index contributed by atoms with van der Waals surface area (Å²) in [6.45, 7) is 4.37. The van der Waals surface area contributed by atoms with E-state index in [1.165, 1.54) is 57.8 Å². The number of carbonyl (C=O) groups excluding carboxylic acids is 1. The van der Waals surface area contributed by atoms with Gasteiger partial charge in [0.05, 0.1) is 0 Å². The summed E-state index contributed by atoms with van der Waals surface area (Å²) in [6.07, 6.45) is 16.9. The molecular weight excluding hydrogens is 296 g/mol. The molecule has 0 amide bonds. The molecule has 6 atom stereocenters. The summed E-state index contributed by atoms with van der Waals surface area (Å²) in [5.74, 6) is 4.85. The van der Waals surface area contributed by atoms with Crippen molar-refractivity contribution in [2.45, 2.75) is 103 Å². The standard InChI is InChI=1S/C22H38O2/c1-3-5-7-16-8-12-20-17(14-16)9-10-18-15-19(11-13-21(18)20)24-22(23)6-4-2/h16-21H,3-15H2,1-2H3. The number of carbonyl (C=O) groups is 1. The Bertz CT molecular complexity index is 405. The highest BCUT2D eigenvalue weighted by Gasteiger charge is 2.44. The number of rotatable bonds is 6. The minimum atomic E-state index is 0.0334. The Morgan fingerprint density at radius 3 is 2.29 bits per heavy atom. The van der Waals surface area contributed by atoms with Crippen molar-refractivity contribution in [3.63, 3.8) is 0 Å². The summed E-state index contributed by atoms with van der Waals surface area (Å²) < 4.78 is 5.74. The first-order chi connectivity index (χ1) is 11.7. The van der Waals surface area contributed by atoms with Gasteiger partial charge in [-0.3, -0.25) is 4.79 Å². The Kier molecular flexibility index (Phi) is 6.63. The van der Waals surface area contributed by atoms with Crippen LogP contribution in [0.2, 0.25) is 0 Å². The zero-order chi connectivity index (χ0) is 16.9. The van der Waals surface area contributed by atoms with Crippen LogP contribution in [-0.2, 0) is 9.53 Å². The quantitative estimate of drug-likeness (QED) is 0.546. The van der Waals surface area contributed by atoms with Crippen LogP contribution < -0.4 is 0 Å². The van der Waals surface area contributed by atoms with Crippen LogP contribution in [0.4, 0.5) is 0 Å². The number of ether oxygens (including phenoxy) is 1. The lowest BCUT2D eigenvalue weighted by Gasteiger charge is -2.50. The molecule has 0 aromatic rings. The van der Waals surface area contributed by atoms with E-state index < -0.39 is 0 Å². The molecule has 3 rings (SSSR count). The van der Waals surface area contributed by atoms with E-state index in [0.29, 0.717) is 6.42 Å². The van der Waals surface area contributed by atoms with Gasteiger partial charge in [-0.25, -0.2) is 0 Å². The maximum absolute atomic E-state index is 11.8. The van der Waals surface area contributed by atoms with E-state index >= 15 is 0 Å². The van der Waals surface area contributed by atoms with Gasteiger partial charge in [0.2, 0.25) is 0 Å². The van der Waals surface area contributed by atoms with E-state index in [0.717, 1.165) is 48.9 Å². The molecule has 0 saturated heterocycles. The van der Waals surface area contributed by atoms with Crippen molar-refractivity contribution < 1.29 is 9.53 Å². The van der Waals surface area contributed by atoms with E-state index in [1.54, 1.807) is 0 Å². The largest absolute Gasteiger partial charge is 0.462 e. The van der Waals surface area contributed by atoms with Gasteiger partial charge in [-0.2, -0.15) is 0 Å². The van der Waals surface area contributed by atoms with E-state index in [-0.39, 0.29) is 12.1 Å². The number of hydrogen-bond acceptors (Lipinski definition) is 2. The van der Waals surface area contributed by atoms with Crippen LogP contribution in [0.15, 0.2) is 0 Å². The van der Waals surface area contributed by atoms with Crippen molar-refractivity contribution in [2.75, 3.05) is 0 Å². The molecule has 3 aliphatic carbocycles.